The molecule has 0 unspecified atom stereocenters. The van der Waals surface area contributed by atoms with Gasteiger partial charge in [-0.25, -0.2) is 13.1 Å². The number of ether oxygens (including phenoxy) is 1. The Hall–Kier alpha value is -0.780. The second kappa shape index (κ2) is 11.9. The highest BCUT2D eigenvalue weighted by Crippen LogP contribution is 2.22. The van der Waals surface area contributed by atoms with Gasteiger partial charge in [-0.1, -0.05) is 17.7 Å². The Bertz CT molecular complexity index is 727. The van der Waals surface area contributed by atoms with Gasteiger partial charge in [-0.3, -0.25) is 4.99 Å². The number of halogens is 2. The minimum absolute atomic E-state index is 0. The summed E-state index contributed by atoms with van der Waals surface area (Å²) < 4.78 is 30.5. The predicted molar refractivity (Wildman–Crippen MR) is 123 cm³/mol. The second-order valence-electron chi connectivity index (χ2n) is 6.59. The summed E-state index contributed by atoms with van der Waals surface area (Å²) in [6.45, 7) is 7.19. The van der Waals surface area contributed by atoms with Crippen LogP contribution in [-0.2, 0) is 16.4 Å². The molecular formula is C17H30ClIN4O3S. The SMILES string of the molecule is CCNC(=NCC(C)(C)NS(C)(=O)=O)NCCc1ccc(OC)cc1Cl.I. The van der Waals surface area contributed by atoms with Gasteiger partial charge in [0.2, 0.25) is 10.0 Å². The summed E-state index contributed by atoms with van der Waals surface area (Å²) in [6, 6.07) is 5.60. The van der Waals surface area contributed by atoms with E-state index in [1.165, 1.54) is 0 Å². The molecule has 0 aliphatic rings. The summed E-state index contributed by atoms with van der Waals surface area (Å²) in [5.74, 6) is 1.35. The Balaban J connectivity index is 0.00000676. The normalized spacial score (nSPS) is 12.3. The zero-order valence-electron chi connectivity index (χ0n) is 16.4. The molecule has 0 spiro atoms. The minimum atomic E-state index is -3.29. The number of nitrogens with one attached hydrogen (secondary N) is 3. The fourth-order valence-electron chi connectivity index (χ4n) is 2.33. The van der Waals surface area contributed by atoms with E-state index >= 15 is 0 Å². The molecule has 0 aliphatic carbocycles. The Morgan fingerprint density at radius 2 is 1.96 bits per heavy atom. The molecule has 7 nitrogen and oxygen atoms in total. The van der Waals surface area contributed by atoms with Crippen LogP contribution in [0.4, 0.5) is 0 Å². The van der Waals surface area contributed by atoms with Crippen LogP contribution >= 0.6 is 35.6 Å². The molecule has 0 aliphatic heterocycles. The van der Waals surface area contributed by atoms with Gasteiger partial charge in [-0.2, -0.15) is 0 Å². The average Bonchev–Trinajstić information content (AvgIpc) is 2.51. The number of benzene rings is 1. The maximum absolute atomic E-state index is 11.4. The van der Waals surface area contributed by atoms with Crippen molar-refractivity contribution in [1.29, 1.82) is 0 Å². The molecule has 0 heterocycles. The largest absolute Gasteiger partial charge is 0.497 e. The van der Waals surface area contributed by atoms with Crippen LogP contribution in [0.2, 0.25) is 5.02 Å². The highest BCUT2D eigenvalue weighted by molar-refractivity contribution is 14.0. The molecule has 0 saturated carbocycles. The van der Waals surface area contributed by atoms with Crippen molar-refractivity contribution in [3.05, 3.63) is 28.8 Å². The number of sulfonamides is 1. The summed E-state index contributed by atoms with van der Waals surface area (Å²) in [5.41, 5.74) is 0.338. The third kappa shape index (κ3) is 11.0. The molecule has 27 heavy (non-hydrogen) atoms. The van der Waals surface area contributed by atoms with E-state index in [1.54, 1.807) is 27.0 Å². The highest BCUT2D eigenvalue weighted by atomic mass is 127. The third-order valence-electron chi connectivity index (χ3n) is 3.39. The number of methoxy groups -OCH3 is 1. The van der Waals surface area contributed by atoms with Gasteiger partial charge < -0.3 is 15.4 Å². The number of nitrogens with zero attached hydrogens (tertiary/aromatic N) is 1. The van der Waals surface area contributed by atoms with Crippen LogP contribution in [0, 0.1) is 0 Å². The predicted octanol–water partition coefficient (Wildman–Crippen LogP) is 2.39. The van der Waals surface area contributed by atoms with E-state index in [2.05, 4.69) is 20.3 Å². The lowest BCUT2D eigenvalue weighted by atomic mass is 10.1. The molecule has 0 fully saturated rings. The fourth-order valence-corrected chi connectivity index (χ4v) is 3.66. The van der Waals surface area contributed by atoms with Crippen molar-refractivity contribution in [2.24, 2.45) is 4.99 Å². The molecule has 10 heteroatoms. The Morgan fingerprint density at radius 1 is 1.30 bits per heavy atom. The van der Waals surface area contributed by atoms with E-state index in [-0.39, 0.29) is 24.0 Å². The minimum Gasteiger partial charge on any atom is -0.497 e. The molecule has 0 radical (unpaired) electrons. The summed E-state index contributed by atoms with van der Waals surface area (Å²) in [5, 5.41) is 7.04. The van der Waals surface area contributed by atoms with Crippen LogP contribution in [0.5, 0.6) is 5.75 Å². The molecule has 1 aromatic carbocycles. The van der Waals surface area contributed by atoms with Crippen molar-refractivity contribution >= 4 is 51.6 Å². The van der Waals surface area contributed by atoms with E-state index in [0.717, 1.165) is 24.0 Å². The number of hydrogen-bond donors (Lipinski definition) is 3. The number of hydrogen-bond acceptors (Lipinski definition) is 4. The lowest BCUT2D eigenvalue weighted by Gasteiger charge is -2.23. The lowest BCUT2D eigenvalue weighted by Crippen LogP contribution is -2.47. The van der Waals surface area contributed by atoms with E-state index in [9.17, 15) is 8.42 Å². The van der Waals surface area contributed by atoms with Gasteiger partial charge in [-0.15, -0.1) is 24.0 Å². The van der Waals surface area contributed by atoms with E-state index < -0.39 is 15.6 Å². The smallest absolute Gasteiger partial charge is 0.209 e. The molecule has 0 bridgehead atoms. The van der Waals surface area contributed by atoms with Crippen molar-refractivity contribution in [2.45, 2.75) is 32.7 Å². The van der Waals surface area contributed by atoms with Crippen LogP contribution in [0.15, 0.2) is 23.2 Å². The first-order valence-electron chi connectivity index (χ1n) is 8.40. The van der Waals surface area contributed by atoms with E-state index in [1.807, 2.05) is 19.1 Å². The molecule has 0 aromatic heterocycles. The lowest BCUT2D eigenvalue weighted by molar-refractivity contribution is 0.414. The molecular weight excluding hydrogens is 503 g/mol. The van der Waals surface area contributed by atoms with Crippen LogP contribution in [0.25, 0.3) is 0 Å². The van der Waals surface area contributed by atoms with Crippen molar-refractivity contribution < 1.29 is 13.2 Å². The van der Waals surface area contributed by atoms with Crippen molar-refractivity contribution in [1.82, 2.24) is 15.4 Å². The number of rotatable bonds is 9. The molecule has 1 aromatic rings. The van der Waals surface area contributed by atoms with E-state index in [0.29, 0.717) is 30.6 Å². The first kappa shape index (κ1) is 26.2. The second-order valence-corrected chi connectivity index (χ2v) is 8.74. The highest BCUT2D eigenvalue weighted by Gasteiger charge is 2.21. The first-order valence-corrected chi connectivity index (χ1v) is 10.7. The maximum Gasteiger partial charge on any atom is 0.209 e. The topological polar surface area (TPSA) is 91.8 Å². The van der Waals surface area contributed by atoms with Crippen LogP contribution in [0.1, 0.15) is 26.3 Å². The Morgan fingerprint density at radius 3 is 2.48 bits per heavy atom. The summed E-state index contributed by atoms with van der Waals surface area (Å²) in [6.07, 6.45) is 1.86. The molecule has 0 amide bonds. The molecule has 0 saturated heterocycles. The van der Waals surface area contributed by atoms with Gasteiger partial charge in [0.1, 0.15) is 5.75 Å². The Labute approximate surface area is 184 Å². The first-order chi connectivity index (χ1) is 12.1. The van der Waals surface area contributed by atoms with Gasteiger partial charge in [0.05, 0.1) is 19.9 Å². The van der Waals surface area contributed by atoms with Gasteiger partial charge in [0, 0.05) is 23.7 Å². The summed E-state index contributed by atoms with van der Waals surface area (Å²) >= 11 is 6.25. The quantitative estimate of drug-likeness (QED) is 0.258. The van der Waals surface area contributed by atoms with Crippen LogP contribution < -0.4 is 20.1 Å². The summed E-state index contributed by atoms with van der Waals surface area (Å²) in [7, 11) is -1.69. The van der Waals surface area contributed by atoms with Crippen molar-refractivity contribution in [3.8, 4) is 5.75 Å². The van der Waals surface area contributed by atoms with E-state index in [4.69, 9.17) is 16.3 Å². The number of aliphatic imine (C=N–C) groups is 1. The van der Waals surface area contributed by atoms with Crippen LogP contribution in [0.3, 0.4) is 0 Å². The average molecular weight is 533 g/mol. The third-order valence-corrected chi connectivity index (χ3v) is 4.66. The standard InChI is InChI=1S/C17H29ClN4O3S.HI/c1-6-19-16(21-12-17(2,3)22-26(5,23)24)20-10-9-13-7-8-14(25-4)11-15(13)18;/h7-8,11,22H,6,9-10,12H2,1-5H3,(H2,19,20,21);1H. The summed E-state index contributed by atoms with van der Waals surface area (Å²) in [4.78, 5) is 4.46. The molecule has 3 N–H and O–H groups in total. The molecule has 156 valence electrons. The van der Waals surface area contributed by atoms with Crippen molar-refractivity contribution in [2.75, 3.05) is 33.0 Å². The zero-order valence-corrected chi connectivity index (χ0v) is 20.3. The van der Waals surface area contributed by atoms with Crippen molar-refractivity contribution in [3.63, 3.8) is 0 Å². The van der Waals surface area contributed by atoms with Gasteiger partial charge >= 0.3 is 0 Å². The van der Waals surface area contributed by atoms with Gasteiger partial charge in [0.15, 0.2) is 5.96 Å². The fraction of sp³-hybridized carbons (Fsp3) is 0.588. The number of guanidine groups is 1. The van der Waals surface area contributed by atoms with Gasteiger partial charge in [0.25, 0.3) is 0 Å². The van der Waals surface area contributed by atoms with Gasteiger partial charge in [-0.05, 0) is 44.9 Å². The molecule has 0 atom stereocenters. The maximum atomic E-state index is 11.4. The zero-order chi connectivity index (χ0) is 19.8. The Kier molecular flexibility index (Phi) is 11.6. The monoisotopic (exact) mass is 532 g/mol. The van der Waals surface area contributed by atoms with Crippen LogP contribution in [-0.4, -0.2) is 52.9 Å². The molecule has 1 rings (SSSR count).